The number of aryl methyl sites for hydroxylation is 1. The van der Waals surface area contributed by atoms with Gasteiger partial charge < -0.3 is 0 Å². The fourth-order valence-electron chi connectivity index (χ4n) is 2.71. The summed E-state index contributed by atoms with van der Waals surface area (Å²) in [6, 6.07) is 21.4. The highest BCUT2D eigenvalue weighted by atomic mass is 32.2. The summed E-state index contributed by atoms with van der Waals surface area (Å²) in [5.41, 5.74) is 2.75. The van der Waals surface area contributed by atoms with Crippen LogP contribution in [0.25, 0.3) is 0 Å². The summed E-state index contributed by atoms with van der Waals surface area (Å²) in [6.45, 7) is 0. The van der Waals surface area contributed by atoms with Crippen LogP contribution in [0.3, 0.4) is 0 Å². The molecule has 116 valence electrons. The number of benzene rings is 2. The Bertz CT molecular complexity index is 638. The molecule has 1 aliphatic rings. The van der Waals surface area contributed by atoms with Crippen molar-refractivity contribution in [3.63, 3.8) is 0 Å². The van der Waals surface area contributed by atoms with Gasteiger partial charge in [-0.15, -0.1) is 11.8 Å². The van der Waals surface area contributed by atoms with Crippen LogP contribution in [0.2, 0.25) is 0 Å². The second kappa shape index (κ2) is 8.47. The fourth-order valence-corrected chi connectivity index (χ4v) is 4.30. The lowest BCUT2D eigenvalue weighted by molar-refractivity contribution is 0.805. The Morgan fingerprint density at radius 2 is 1.70 bits per heavy atom. The number of allylic oxidation sites excluding steroid dienone is 2. The maximum atomic E-state index is 5.68. The first kappa shape index (κ1) is 16.5. The average molecular weight is 337 g/mol. The topological polar surface area (TPSA) is 0 Å². The summed E-state index contributed by atoms with van der Waals surface area (Å²) in [5.74, 6) is 1.28. The lowest BCUT2D eigenvalue weighted by atomic mass is 10.0. The van der Waals surface area contributed by atoms with Gasteiger partial charge in [0.1, 0.15) is 0 Å². The fraction of sp³-hybridized carbons (Fsp3) is 0.190. The predicted octanol–water partition coefficient (Wildman–Crippen LogP) is 6.16. The lowest BCUT2D eigenvalue weighted by Crippen LogP contribution is -2.07. The smallest absolute Gasteiger partial charge is 0.0565 e. The van der Waals surface area contributed by atoms with Crippen LogP contribution in [-0.4, -0.2) is 4.20 Å². The summed E-state index contributed by atoms with van der Waals surface area (Å²) >= 11 is 7.51. The van der Waals surface area contributed by atoms with Gasteiger partial charge in [0.2, 0.25) is 0 Å². The molecule has 1 atom stereocenters. The third kappa shape index (κ3) is 4.79. The van der Waals surface area contributed by atoms with Crippen molar-refractivity contribution in [1.82, 2.24) is 0 Å². The first-order valence-corrected chi connectivity index (χ1v) is 9.27. The number of hydrogen-bond donors (Lipinski definition) is 0. The van der Waals surface area contributed by atoms with Crippen molar-refractivity contribution < 1.29 is 0 Å². The zero-order valence-corrected chi connectivity index (χ0v) is 14.7. The first-order chi connectivity index (χ1) is 11.3. The van der Waals surface area contributed by atoms with Crippen molar-refractivity contribution in [2.24, 2.45) is 0 Å². The van der Waals surface area contributed by atoms with Gasteiger partial charge in [0.15, 0.2) is 0 Å². The monoisotopic (exact) mass is 336 g/mol. The molecule has 1 unspecified atom stereocenters. The van der Waals surface area contributed by atoms with Crippen molar-refractivity contribution in [3.05, 3.63) is 96.3 Å². The number of thiocarbonyl (C=S) groups is 1. The summed E-state index contributed by atoms with van der Waals surface area (Å²) in [5, 5.41) is 0.408. The summed E-state index contributed by atoms with van der Waals surface area (Å²) in [6.07, 6.45) is 9.57. The molecule has 0 spiro atoms. The van der Waals surface area contributed by atoms with Gasteiger partial charge in [-0.25, -0.2) is 0 Å². The van der Waals surface area contributed by atoms with Crippen molar-refractivity contribution in [3.8, 4) is 0 Å². The van der Waals surface area contributed by atoms with Crippen LogP contribution in [0.5, 0.6) is 0 Å². The highest BCUT2D eigenvalue weighted by Crippen LogP contribution is 2.39. The highest BCUT2D eigenvalue weighted by molar-refractivity contribution is 8.23. The molecule has 2 aromatic rings. The van der Waals surface area contributed by atoms with E-state index in [1.165, 1.54) is 17.0 Å². The molecule has 0 amide bonds. The Labute approximate surface area is 149 Å². The number of hydrogen-bond acceptors (Lipinski definition) is 2. The largest absolute Gasteiger partial charge is 0.110 e. The van der Waals surface area contributed by atoms with Crippen LogP contribution in [0.1, 0.15) is 29.2 Å². The molecule has 3 rings (SSSR count). The Hall–Kier alpha value is -1.38. The third-order valence-corrected chi connectivity index (χ3v) is 5.81. The van der Waals surface area contributed by atoms with Crippen LogP contribution < -0.4 is 0 Å². The van der Waals surface area contributed by atoms with Crippen LogP contribution in [0, 0.1) is 12.3 Å². The van der Waals surface area contributed by atoms with E-state index in [1.54, 1.807) is 0 Å². The van der Waals surface area contributed by atoms with Gasteiger partial charge in [-0.3, -0.25) is 0 Å². The molecule has 23 heavy (non-hydrogen) atoms. The zero-order valence-electron chi connectivity index (χ0n) is 13.0. The second-order valence-electron chi connectivity index (χ2n) is 5.65. The minimum Gasteiger partial charge on any atom is -0.110 e. The normalized spacial score (nSPS) is 15.7. The minimum absolute atomic E-state index is 0.408. The molecular formula is C21H20S2. The molecule has 1 aliphatic carbocycles. The van der Waals surface area contributed by atoms with E-state index < -0.39 is 0 Å². The maximum Gasteiger partial charge on any atom is 0.0565 e. The Balaban J connectivity index is 1.67. The van der Waals surface area contributed by atoms with E-state index in [4.69, 9.17) is 12.2 Å². The Morgan fingerprint density at radius 3 is 2.35 bits per heavy atom. The van der Waals surface area contributed by atoms with E-state index in [9.17, 15) is 0 Å². The van der Waals surface area contributed by atoms with Crippen LogP contribution >= 0.6 is 24.0 Å². The quantitative estimate of drug-likeness (QED) is 0.579. The first-order valence-electron chi connectivity index (χ1n) is 7.98. The van der Waals surface area contributed by atoms with Crippen molar-refractivity contribution in [1.29, 1.82) is 0 Å². The second-order valence-corrected chi connectivity index (χ2v) is 7.53. The summed E-state index contributed by atoms with van der Waals surface area (Å²) < 4.78 is 1.04. The Kier molecular flexibility index (Phi) is 6.06. The van der Waals surface area contributed by atoms with Crippen LogP contribution in [-0.2, 0) is 6.42 Å². The standard InChI is InChI=1S/C21H20S2/c22-21(19-13-7-8-14-19)23-20(18-11-5-2-6-12-18)16-15-17-9-3-1-4-10-17/h1-13,20H,14-16H2. The maximum absolute atomic E-state index is 5.68. The summed E-state index contributed by atoms with van der Waals surface area (Å²) in [7, 11) is 0. The third-order valence-electron chi connectivity index (χ3n) is 3.99. The molecule has 0 aliphatic heterocycles. The molecule has 0 heterocycles. The van der Waals surface area contributed by atoms with Gasteiger partial charge in [-0.2, -0.15) is 0 Å². The number of rotatable bonds is 6. The van der Waals surface area contributed by atoms with E-state index >= 15 is 0 Å². The molecule has 0 saturated heterocycles. The zero-order chi connectivity index (χ0) is 15.9. The van der Waals surface area contributed by atoms with Crippen molar-refractivity contribution >= 4 is 28.2 Å². The molecule has 0 bridgehead atoms. The molecule has 0 saturated carbocycles. The van der Waals surface area contributed by atoms with E-state index in [2.05, 4.69) is 79.2 Å². The van der Waals surface area contributed by atoms with Crippen molar-refractivity contribution in [2.45, 2.75) is 24.5 Å². The van der Waals surface area contributed by atoms with E-state index in [-0.39, 0.29) is 0 Å². The van der Waals surface area contributed by atoms with Gasteiger partial charge in [-0.05, 0) is 36.8 Å². The molecule has 0 N–H and O–H groups in total. The molecule has 0 nitrogen and oxygen atoms in total. The van der Waals surface area contributed by atoms with Gasteiger partial charge in [-0.1, -0.05) is 85.0 Å². The molecule has 2 radical (unpaired) electrons. The summed E-state index contributed by atoms with van der Waals surface area (Å²) in [4.78, 5) is 0. The van der Waals surface area contributed by atoms with Crippen LogP contribution in [0.4, 0.5) is 0 Å². The predicted molar refractivity (Wildman–Crippen MR) is 105 cm³/mol. The SMILES string of the molecule is S=C(SC(CCc1ccccc1)c1ccccc1)[C]1[CH]C=CC1. The molecular weight excluding hydrogens is 316 g/mol. The molecule has 2 heteroatoms. The number of thioether (sulfide) groups is 1. The minimum atomic E-state index is 0.408. The van der Waals surface area contributed by atoms with E-state index in [1.807, 2.05) is 11.8 Å². The van der Waals surface area contributed by atoms with E-state index in [0.717, 1.165) is 23.5 Å². The van der Waals surface area contributed by atoms with E-state index in [0.29, 0.717) is 5.25 Å². The van der Waals surface area contributed by atoms with Crippen molar-refractivity contribution in [2.75, 3.05) is 0 Å². The van der Waals surface area contributed by atoms with Gasteiger partial charge >= 0.3 is 0 Å². The molecule has 2 aromatic carbocycles. The lowest BCUT2D eigenvalue weighted by Gasteiger charge is -2.20. The van der Waals surface area contributed by atoms with Gasteiger partial charge in [0.05, 0.1) is 4.20 Å². The van der Waals surface area contributed by atoms with Gasteiger partial charge in [0, 0.05) is 11.2 Å². The van der Waals surface area contributed by atoms with Crippen LogP contribution in [0.15, 0.2) is 72.8 Å². The average Bonchev–Trinajstić information content (AvgIpc) is 3.15. The highest BCUT2D eigenvalue weighted by Gasteiger charge is 2.22. The molecule has 0 aromatic heterocycles. The molecule has 0 fully saturated rings. The Morgan fingerprint density at radius 1 is 1.00 bits per heavy atom. The van der Waals surface area contributed by atoms with Gasteiger partial charge in [0.25, 0.3) is 0 Å².